The Kier molecular flexibility index (Phi) is 6.39. The molecule has 0 atom stereocenters. The van der Waals surface area contributed by atoms with Crippen molar-refractivity contribution in [1.82, 2.24) is 24.5 Å². The molecule has 0 aliphatic heterocycles. The van der Waals surface area contributed by atoms with Gasteiger partial charge in [-0.3, -0.25) is 9.52 Å². The second-order valence-corrected chi connectivity index (χ2v) is 8.47. The lowest BCUT2D eigenvalue weighted by Crippen LogP contribution is -2.17. The molecule has 1 N–H and O–H groups in total. The third-order valence-electron chi connectivity index (χ3n) is 3.47. The van der Waals surface area contributed by atoms with Crippen LogP contribution in [0.3, 0.4) is 0 Å². The molecule has 0 fully saturated rings. The predicted molar refractivity (Wildman–Crippen MR) is 109 cm³/mol. The molecule has 0 unspecified atom stereocenters. The van der Waals surface area contributed by atoms with Crippen LogP contribution in [0.2, 0.25) is 5.15 Å². The Morgan fingerprint density at radius 2 is 2.03 bits per heavy atom. The summed E-state index contributed by atoms with van der Waals surface area (Å²) in [5.74, 6) is -0.187. The largest absolute Gasteiger partial charge is 0.476 e. The predicted octanol–water partition coefficient (Wildman–Crippen LogP) is 4.32. The first-order valence-electron chi connectivity index (χ1n) is 8.66. The molecule has 3 rings (SSSR count). The summed E-state index contributed by atoms with van der Waals surface area (Å²) in [6.07, 6.45) is 1.70. The first-order valence-corrected chi connectivity index (χ1v) is 9.86. The molecule has 10 heteroatoms. The number of nitrogens with one attached hydrogen (secondary N) is 1. The SMILES string of the molecule is CC(C)(C)COc1ccn(-c2ccc(C(=O)NSc3cccc(F)n3)c(Cl)n2)n1. The average Bonchev–Trinajstić information content (AvgIpc) is 3.13. The van der Waals surface area contributed by atoms with E-state index >= 15 is 0 Å². The van der Waals surface area contributed by atoms with Crippen LogP contribution in [0.1, 0.15) is 31.1 Å². The normalized spacial score (nSPS) is 11.3. The van der Waals surface area contributed by atoms with Crippen molar-refractivity contribution in [2.24, 2.45) is 5.41 Å². The van der Waals surface area contributed by atoms with Crippen LogP contribution in [0.4, 0.5) is 4.39 Å². The average molecular weight is 436 g/mol. The molecule has 29 heavy (non-hydrogen) atoms. The number of ether oxygens (including phenoxy) is 1. The van der Waals surface area contributed by atoms with Gasteiger partial charge in [-0.15, -0.1) is 5.10 Å². The summed E-state index contributed by atoms with van der Waals surface area (Å²) in [5.41, 5.74) is 0.190. The minimum atomic E-state index is -0.627. The third kappa shape index (κ3) is 5.91. The Morgan fingerprint density at radius 1 is 1.24 bits per heavy atom. The smallest absolute Gasteiger partial charge is 0.264 e. The van der Waals surface area contributed by atoms with Gasteiger partial charge >= 0.3 is 0 Å². The Bertz CT molecular complexity index is 1020. The first-order chi connectivity index (χ1) is 13.7. The van der Waals surface area contributed by atoms with Gasteiger partial charge in [0.1, 0.15) is 10.2 Å². The van der Waals surface area contributed by atoms with Gasteiger partial charge < -0.3 is 4.74 Å². The highest BCUT2D eigenvalue weighted by atomic mass is 35.5. The molecule has 0 saturated carbocycles. The van der Waals surface area contributed by atoms with E-state index in [0.717, 1.165) is 11.9 Å². The van der Waals surface area contributed by atoms with E-state index in [-0.39, 0.29) is 16.1 Å². The van der Waals surface area contributed by atoms with E-state index < -0.39 is 11.9 Å². The van der Waals surface area contributed by atoms with Gasteiger partial charge in [0.2, 0.25) is 11.8 Å². The number of amides is 1. The standard InChI is InChI=1S/C19H19ClFN5O2S/c1-19(2,3)11-28-15-9-10-26(24-15)14-8-7-12(17(20)23-14)18(27)25-29-16-6-4-5-13(21)22-16/h4-10H,11H2,1-3H3,(H,25,27). The molecule has 7 nitrogen and oxygen atoms in total. The van der Waals surface area contributed by atoms with Gasteiger partial charge in [-0.05, 0) is 29.7 Å². The van der Waals surface area contributed by atoms with Crippen LogP contribution >= 0.6 is 23.5 Å². The van der Waals surface area contributed by atoms with Crippen LogP contribution in [0.5, 0.6) is 5.88 Å². The van der Waals surface area contributed by atoms with Crippen molar-refractivity contribution in [1.29, 1.82) is 0 Å². The zero-order valence-corrected chi connectivity index (χ0v) is 17.6. The van der Waals surface area contributed by atoms with Crippen molar-refractivity contribution >= 4 is 29.5 Å². The van der Waals surface area contributed by atoms with Gasteiger partial charge in [0, 0.05) is 24.2 Å². The summed E-state index contributed by atoms with van der Waals surface area (Å²) in [6, 6.07) is 9.19. The zero-order valence-electron chi connectivity index (χ0n) is 16.0. The second kappa shape index (κ2) is 8.79. The van der Waals surface area contributed by atoms with Gasteiger partial charge in [-0.2, -0.15) is 4.39 Å². The number of pyridine rings is 2. The number of hydrogen-bond donors (Lipinski definition) is 1. The van der Waals surface area contributed by atoms with Crippen molar-refractivity contribution in [3.8, 4) is 11.7 Å². The summed E-state index contributed by atoms with van der Waals surface area (Å²) < 4.78 is 22.8. The summed E-state index contributed by atoms with van der Waals surface area (Å²) in [7, 11) is 0. The lowest BCUT2D eigenvalue weighted by molar-refractivity contribution is 0.0984. The minimum Gasteiger partial charge on any atom is -0.476 e. The molecule has 3 aromatic rings. The molecule has 0 bridgehead atoms. The van der Waals surface area contributed by atoms with E-state index in [9.17, 15) is 9.18 Å². The molecule has 1 amide bonds. The highest BCUT2D eigenvalue weighted by molar-refractivity contribution is 7.97. The molecule has 3 aromatic heterocycles. The topological polar surface area (TPSA) is 81.9 Å². The third-order valence-corrected chi connectivity index (χ3v) is 4.48. The molecule has 0 spiro atoms. The zero-order chi connectivity index (χ0) is 21.0. The first kappa shape index (κ1) is 21.1. The number of carbonyl (C=O) groups excluding carboxylic acids is 1. The maximum atomic E-state index is 13.1. The van der Waals surface area contributed by atoms with Gasteiger partial charge in [-0.1, -0.05) is 38.4 Å². The molecular weight excluding hydrogens is 417 g/mol. The highest BCUT2D eigenvalue weighted by Gasteiger charge is 2.15. The molecule has 0 saturated heterocycles. The highest BCUT2D eigenvalue weighted by Crippen LogP contribution is 2.20. The van der Waals surface area contributed by atoms with Gasteiger partial charge in [0.05, 0.1) is 12.2 Å². The Morgan fingerprint density at radius 3 is 2.72 bits per heavy atom. The van der Waals surface area contributed by atoms with Crippen LogP contribution in [0, 0.1) is 11.4 Å². The number of nitrogens with zero attached hydrogens (tertiary/aromatic N) is 4. The van der Waals surface area contributed by atoms with E-state index in [1.807, 2.05) is 0 Å². The molecule has 0 aromatic carbocycles. The number of rotatable bonds is 6. The lowest BCUT2D eigenvalue weighted by atomic mass is 9.99. The quantitative estimate of drug-likeness (QED) is 0.458. The van der Waals surface area contributed by atoms with Crippen LogP contribution in [0.25, 0.3) is 5.82 Å². The summed E-state index contributed by atoms with van der Waals surface area (Å²) in [6.45, 7) is 6.72. The fourth-order valence-corrected chi connectivity index (χ4v) is 2.95. The van der Waals surface area contributed by atoms with Crippen LogP contribution in [-0.2, 0) is 0 Å². The molecule has 3 heterocycles. The van der Waals surface area contributed by atoms with Gasteiger partial charge in [0.25, 0.3) is 5.91 Å². The van der Waals surface area contributed by atoms with Crippen molar-refractivity contribution in [2.45, 2.75) is 25.8 Å². The van der Waals surface area contributed by atoms with Crippen molar-refractivity contribution in [2.75, 3.05) is 6.61 Å². The minimum absolute atomic E-state index is 0.0133. The van der Waals surface area contributed by atoms with Crippen molar-refractivity contribution in [3.05, 3.63) is 59.3 Å². The van der Waals surface area contributed by atoms with Crippen LogP contribution < -0.4 is 9.46 Å². The van der Waals surface area contributed by atoms with Crippen molar-refractivity contribution in [3.63, 3.8) is 0 Å². The maximum Gasteiger partial charge on any atom is 0.264 e. The van der Waals surface area contributed by atoms with Gasteiger partial charge in [0.15, 0.2) is 5.82 Å². The number of carbonyl (C=O) groups is 1. The number of hydrogen-bond acceptors (Lipinski definition) is 6. The monoisotopic (exact) mass is 435 g/mol. The molecule has 152 valence electrons. The Balaban J connectivity index is 1.67. The summed E-state index contributed by atoms with van der Waals surface area (Å²) >= 11 is 7.07. The number of aromatic nitrogens is 4. The van der Waals surface area contributed by atoms with E-state index in [0.29, 0.717) is 23.3 Å². The molecular formula is C19H19ClFN5O2S. The lowest BCUT2D eigenvalue weighted by Gasteiger charge is -2.17. The molecule has 0 aliphatic carbocycles. The van der Waals surface area contributed by atoms with Crippen molar-refractivity contribution < 1.29 is 13.9 Å². The molecule has 0 aliphatic rings. The van der Waals surface area contributed by atoms with E-state index in [4.69, 9.17) is 16.3 Å². The molecule has 0 radical (unpaired) electrons. The van der Waals surface area contributed by atoms with Gasteiger partial charge in [-0.25, -0.2) is 14.6 Å². The Hall–Kier alpha value is -2.65. The van der Waals surface area contributed by atoms with E-state index in [1.165, 1.54) is 22.9 Å². The summed E-state index contributed by atoms with van der Waals surface area (Å²) in [4.78, 5) is 20.2. The van der Waals surface area contributed by atoms with Crippen LogP contribution in [-0.4, -0.2) is 32.3 Å². The van der Waals surface area contributed by atoms with Crippen LogP contribution in [0.15, 0.2) is 47.6 Å². The van der Waals surface area contributed by atoms with E-state index in [2.05, 4.69) is 40.6 Å². The number of halogens is 2. The Labute approximate surface area is 176 Å². The fraction of sp³-hybridized carbons (Fsp3) is 0.263. The van der Waals surface area contributed by atoms with E-state index in [1.54, 1.807) is 24.4 Å². The summed E-state index contributed by atoms with van der Waals surface area (Å²) in [5, 5.41) is 4.64. The maximum absolute atomic E-state index is 13.1. The second-order valence-electron chi connectivity index (χ2n) is 7.29. The fourth-order valence-electron chi connectivity index (χ4n) is 2.12.